The van der Waals surface area contributed by atoms with E-state index in [4.69, 9.17) is 4.74 Å². The zero-order valence-electron chi connectivity index (χ0n) is 18.1. The minimum Gasteiger partial charge on any atom is -0.497 e. The van der Waals surface area contributed by atoms with Crippen molar-refractivity contribution in [1.82, 2.24) is 9.88 Å². The molecular formula is C25H30ClFN2O2. The highest BCUT2D eigenvalue weighted by Crippen LogP contribution is 2.27. The van der Waals surface area contributed by atoms with Crippen LogP contribution in [0.5, 0.6) is 5.75 Å². The predicted molar refractivity (Wildman–Crippen MR) is 125 cm³/mol. The van der Waals surface area contributed by atoms with Crippen molar-refractivity contribution in [2.75, 3.05) is 26.7 Å². The number of fused-ring (bicyclic) bond motifs is 1. The Morgan fingerprint density at radius 1 is 1.16 bits per heavy atom. The van der Waals surface area contributed by atoms with Crippen LogP contribution in [-0.2, 0) is 6.42 Å². The predicted octanol–water partition coefficient (Wildman–Crippen LogP) is 5.57. The number of nitrogens with one attached hydrogen (secondary N) is 1. The van der Waals surface area contributed by atoms with Gasteiger partial charge >= 0.3 is 0 Å². The zero-order chi connectivity index (χ0) is 21.1. The van der Waals surface area contributed by atoms with Crippen LogP contribution in [-0.4, -0.2) is 42.4 Å². The molecule has 0 amide bonds. The largest absolute Gasteiger partial charge is 0.497 e. The third-order valence-corrected chi connectivity index (χ3v) is 6.31. The van der Waals surface area contributed by atoms with Crippen LogP contribution in [0.3, 0.4) is 0 Å². The van der Waals surface area contributed by atoms with Crippen molar-refractivity contribution in [3.8, 4) is 5.75 Å². The Morgan fingerprint density at radius 3 is 2.55 bits per heavy atom. The first-order valence-corrected chi connectivity index (χ1v) is 10.7. The summed E-state index contributed by atoms with van der Waals surface area (Å²) in [6.07, 6.45) is 3.88. The Bertz CT molecular complexity index is 1020. The van der Waals surface area contributed by atoms with Gasteiger partial charge in [0.15, 0.2) is 5.78 Å². The van der Waals surface area contributed by atoms with E-state index in [0.717, 1.165) is 56.6 Å². The maximum Gasteiger partial charge on any atom is 0.166 e. The van der Waals surface area contributed by atoms with E-state index < -0.39 is 0 Å². The molecule has 0 bridgehead atoms. The fourth-order valence-electron chi connectivity index (χ4n) is 4.57. The molecule has 3 aromatic rings. The number of aromatic nitrogens is 1. The van der Waals surface area contributed by atoms with E-state index >= 15 is 0 Å². The molecule has 0 spiro atoms. The minimum absolute atomic E-state index is 0. The fourth-order valence-corrected chi connectivity index (χ4v) is 4.57. The number of rotatable bonds is 7. The maximum atomic E-state index is 13.1. The second kappa shape index (κ2) is 10.3. The smallest absolute Gasteiger partial charge is 0.166 e. The summed E-state index contributed by atoms with van der Waals surface area (Å²) in [5, 5.41) is 1.27. The number of aryl methyl sites for hydroxylation is 2. The monoisotopic (exact) mass is 444 g/mol. The number of benzene rings is 2. The van der Waals surface area contributed by atoms with E-state index in [2.05, 4.69) is 28.9 Å². The van der Waals surface area contributed by atoms with Gasteiger partial charge < -0.3 is 14.6 Å². The Balaban J connectivity index is 0.00000272. The Kier molecular flexibility index (Phi) is 7.74. The number of hydrogen-bond acceptors (Lipinski definition) is 3. The lowest BCUT2D eigenvalue weighted by atomic mass is 9.89. The van der Waals surface area contributed by atoms with Gasteiger partial charge in [-0.1, -0.05) is 0 Å². The molecule has 1 N–H and O–H groups in total. The van der Waals surface area contributed by atoms with Crippen molar-refractivity contribution in [1.29, 1.82) is 0 Å². The number of Topliss-reactive ketones (excluding diaryl/α,β-unsaturated/α-hetero) is 1. The van der Waals surface area contributed by atoms with Crippen LogP contribution in [0.25, 0.3) is 10.9 Å². The molecule has 2 aromatic carbocycles. The van der Waals surface area contributed by atoms with Crippen LogP contribution in [0.2, 0.25) is 0 Å². The number of carbonyl (C=O) groups is 1. The number of likely N-dealkylation sites (tertiary alicyclic amines) is 1. The van der Waals surface area contributed by atoms with Crippen molar-refractivity contribution in [2.45, 2.75) is 32.6 Å². The Labute approximate surface area is 189 Å². The molecule has 1 saturated heterocycles. The zero-order valence-corrected chi connectivity index (χ0v) is 18.9. The van der Waals surface area contributed by atoms with Crippen LogP contribution >= 0.6 is 12.4 Å². The summed E-state index contributed by atoms with van der Waals surface area (Å²) in [5.41, 5.74) is 4.36. The summed E-state index contributed by atoms with van der Waals surface area (Å²) in [7, 11) is 1.69. The molecule has 1 aliphatic rings. The third-order valence-electron chi connectivity index (χ3n) is 6.31. The number of halogens is 2. The van der Waals surface area contributed by atoms with Gasteiger partial charge in [-0.2, -0.15) is 0 Å². The molecule has 4 rings (SSSR count). The van der Waals surface area contributed by atoms with Gasteiger partial charge in [-0.05, 0) is 94.2 Å². The van der Waals surface area contributed by atoms with E-state index in [1.807, 2.05) is 6.07 Å². The summed E-state index contributed by atoms with van der Waals surface area (Å²) >= 11 is 0. The number of ketones is 1. The molecule has 1 aliphatic heterocycles. The van der Waals surface area contributed by atoms with Gasteiger partial charge in [0.1, 0.15) is 11.6 Å². The van der Waals surface area contributed by atoms with Gasteiger partial charge in [0, 0.05) is 34.1 Å². The van der Waals surface area contributed by atoms with Crippen molar-refractivity contribution < 1.29 is 13.9 Å². The summed E-state index contributed by atoms with van der Waals surface area (Å²) in [4.78, 5) is 18.6. The average molecular weight is 445 g/mol. The fraction of sp³-hybridized carbons (Fsp3) is 0.400. The molecule has 0 atom stereocenters. The molecule has 0 aliphatic carbocycles. The summed E-state index contributed by atoms with van der Waals surface area (Å²) in [6, 6.07) is 12.1. The lowest BCUT2D eigenvalue weighted by Gasteiger charge is -2.31. The van der Waals surface area contributed by atoms with Gasteiger partial charge in [0.25, 0.3) is 0 Å². The van der Waals surface area contributed by atoms with Gasteiger partial charge in [0.2, 0.25) is 0 Å². The van der Waals surface area contributed by atoms with Gasteiger partial charge in [-0.25, -0.2) is 4.39 Å². The lowest BCUT2D eigenvalue weighted by Crippen LogP contribution is -2.37. The number of ether oxygens (including phenoxy) is 1. The van der Waals surface area contributed by atoms with E-state index in [1.165, 1.54) is 28.8 Å². The summed E-state index contributed by atoms with van der Waals surface area (Å²) < 4.78 is 18.4. The van der Waals surface area contributed by atoms with Crippen molar-refractivity contribution in [3.05, 3.63) is 65.1 Å². The molecule has 0 radical (unpaired) electrons. The van der Waals surface area contributed by atoms with Gasteiger partial charge in [-0.3, -0.25) is 4.79 Å². The van der Waals surface area contributed by atoms with Gasteiger partial charge in [-0.15, -0.1) is 12.4 Å². The standard InChI is InChI=1S/C25H29FN2O2.ClH/c1-17-22(23-10-9-21(30-2)16-24(23)27-17)4-3-13-28-14-11-19(12-15-28)25(29)18-5-7-20(26)8-6-18;/h5-10,16,19,27H,3-4,11-15H2,1-2H3;1H. The molecule has 0 unspecified atom stereocenters. The maximum absolute atomic E-state index is 13.1. The van der Waals surface area contributed by atoms with Crippen LogP contribution in [0.4, 0.5) is 4.39 Å². The van der Waals surface area contributed by atoms with Crippen molar-refractivity contribution in [3.63, 3.8) is 0 Å². The van der Waals surface area contributed by atoms with Gasteiger partial charge in [0.05, 0.1) is 7.11 Å². The molecular weight excluding hydrogens is 415 g/mol. The normalized spacial score (nSPS) is 15.1. The molecule has 6 heteroatoms. The molecule has 1 fully saturated rings. The number of methoxy groups -OCH3 is 1. The first kappa shape index (κ1) is 23.3. The van der Waals surface area contributed by atoms with Crippen molar-refractivity contribution in [2.24, 2.45) is 5.92 Å². The van der Waals surface area contributed by atoms with Crippen LogP contribution in [0.15, 0.2) is 42.5 Å². The van der Waals surface area contributed by atoms with E-state index in [0.29, 0.717) is 5.56 Å². The first-order chi connectivity index (χ1) is 14.5. The molecule has 4 nitrogen and oxygen atoms in total. The summed E-state index contributed by atoms with van der Waals surface area (Å²) in [6.45, 7) is 5.07. The second-order valence-corrected chi connectivity index (χ2v) is 8.23. The highest BCUT2D eigenvalue weighted by atomic mass is 35.5. The Morgan fingerprint density at radius 2 is 1.87 bits per heavy atom. The summed E-state index contributed by atoms with van der Waals surface area (Å²) in [5.74, 6) is 0.774. The third kappa shape index (κ3) is 5.28. The number of carbonyl (C=O) groups excluding carboxylic acids is 1. The number of hydrogen-bond donors (Lipinski definition) is 1. The second-order valence-electron chi connectivity index (χ2n) is 8.23. The highest BCUT2D eigenvalue weighted by Gasteiger charge is 2.25. The number of nitrogens with zero attached hydrogens (tertiary/aromatic N) is 1. The number of H-pyrrole nitrogens is 1. The lowest BCUT2D eigenvalue weighted by molar-refractivity contribution is 0.0839. The molecule has 31 heavy (non-hydrogen) atoms. The van der Waals surface area contributed by atoms with E-state index in [-0.39, 0.29) is 29.9 Å². The number of piperidine rings is 1. The topological polar surface area (TPSA) is 45.3 Å². The van der Waals surface area contributed by atoms with E-state index in [9.17, 15) is 9.18 Å². The number of aromatic amines is 1. The molecule has 0 saturated carbocycles. The molecule has 1 aromatic heterocycles. The average Bonchev–Trinajstić information content (AvgIpc) is 3.08. The Hall–Kier alpha value is -2.37. The quantitative estimate of drug-likeness (QED) is 0.484. The minimum atomic E-state index is -0.300. The first-order valence-electron chi connectivity index (χ1n) is 10.7. The van der Waals surface area contributed by atoms with Crippen LogP contribution in [0, 0.1) is 18.7 Å². The molecule has 166 valence electrons. The van der Waals surface area contributed by atoms with E-state index in [1.54, 1.807) is 19.2 Å². The van der Waals surface area contributed by atoms with Crippen molar-refractivity contribution >= 4 is 29.1 Å². The van der Waals surface area contributed by atoms with Crippen LogP contribution < -0.4 is 4.74 Å². The van der Waals surface area contributed by atoms with Crippen LogP contribution in [0.1, 0.15) is 40.9 Å². The SMILES string of the molecule is COc1ccc2c(CCCN3CCC(C(=O)c4ccc(F)cc4)CC3)c(C)[nH]c2c1.Cl. The molecule has 2 heterocycles. The highest BCUT2D eigenvalue weighted by molar-refractivity contribution is 5.97.